The SMILES string of the molecule is C[C@@H](c1ccccn1)n1ccc2ncc(Br)cc21. The largest absolute Gasteiger partial charge is 0.337 e. The van der Waals surface area contributed by atoms with E-state index in [9.17, 15) is 0 Å². The van der Waals surface area contributed by atoms with Gasteiger partial charge in [-0.05, 0) is 47.1 Å². The number of aromatic nitrogens is 3. The van der Waals surface area contributed by atoms with E-state index >= 15 is 0 Å². The Morgan fingerprint density at radius 1 is 1.22 bits per heavy atom. The van der Waals surface area contributed by atoms with Gasteiger partial charge in [0.25, 0.3) is 0 Å². The number of pyridine rings is 2. The summed E-state index contributed by atoms with van der Waals surface area (Å²) in [6.45, 7) is 2.14. The average molecular weight is 302 g/mol. The van der Waals surface area contributed by atoms with E-state index in [1.165, 1.54) is 0 Å². The number of hydrogen-bond donors (Lipinski definition) is 0. The Bertz CT molecular complexity index is 676. The third-order valence-corrected chi connectivity index (χ3v) is 3.50. The summed E-state index contributed by atoms with van der Waals surface area (Å²) < 4.78 is 3.18. The molecule has 3 nitrogen and oxygen atoms in total. The standard InChI is InChI=1S/C14H12BrN3/c1-10(12-4-2-3-6-16-12)18-7-5-13-14(18)8-11(15)9-17-13/h2-10H,1H3/t10-/m0/s1. The van der Waals surface area contributed by atoms with E-state index in [0.717, 1.165) is 21.2 Å². The Morgan fingerprint density at radius 2 is 2.11 bits per heavy atom. The summed E-state index contributed by atoms with van der Waals surface area (Å²) in [6, 6.07) is 10.3. The van der Waals surface area contributed by atoms with E-state index in [4.69, 9.17) is 0 Å². The summed E-state index contributed by atoms with van der Waals surface area (Å²) in [5.74, 6) is 0. The molecular weight excluding hydrogens is 290 g/mol. The predicted molar refractivity (Wildman–Crippen MR) is 75.5 cm³/mol. The maximum atomic E-state index is 4.41. The number of nitrogens with zero attached hydrogens (tertiary/aromatic N) is 3. The van der Waals surface area contributed by atoms with Gasteiger partial charge in [0.1, 0.15) is 0 Å². The fourth-order valence-corrected chi connectivity index (χ4v) is 2.43. The molecule has 0 unspecified atom stereocenters. The molecule has 90 valence electrons. The zero-order valence-electron chi connectivity index (χ0n) is 9.92. The van der Waals surface area contributed by atoms with Crippen LogP contribution >= 0.6 is 15.9 Å². The van der Waals surface area contributed by atoms with Crippen molar-refractivity contribution in [1.82, 2.24) is 14.5 Å². The minimum absolute atomic E-state index is 0.194. The van der Waals surface area contributed by atoms with Crippen molar-refractivity contribution in [3.05, 3.63) is 59.1 Å². The quantitative estimate of drug-likeness (QED) is 0.721. The second kappa shape index (κ2) is 4.53. The molecule has 3 aromatic heterocycles. The number of hydrogen-bond acceptors (Lipinski definition) is 2. The molecule has 0 radical (unpaired) electrons. The molecule has 0 saturated carbocycles. The van der Waals surface area contributed by atoms with Crippen LogP contribution in [0.15, 0.2) is 53.4 Å². The topological polar surface area (TPSA) is 30.7 Å². The Hall–Kier alpha value is -1.68. The van der Waals surface area contributed by atoms with E-state index in [1.807, 2.05) is 36.7 Å². The molecule has 3 rings (SSSR count). The third-order valence-electron chi connectivity index (χ3n) is 3.07. The Balaban J connectivity index is 2.12. The highest BCUT2D eigenvalue weighted by Crippen LogP contribution is 2.24. The van der Waals surface area contributed by atoms with Crippen LogP contribution in [0.3, 0.4) is 0 Å². The van der Waals surface area contributed by atoms with Gasteiger partial charge < -0.3 is 4.57 Å². The predicted octanol–water partition coefficient (Wildman–Crippen LogP) is 3.80. The van der Waals surface area contributed by atoms with E-state index in [2.05, 4.69) is 49.7 Å². The normalized spacial score (nSPS) is 12.8. The van der Waals surface area contributed by atoms with Crippen LogP contribution in [0.2, 0.25) is 0 Å². The smallest absolute Gasteiger partial charge is 0.0882 e. The molecule has 0 bridgehead atoms. The van der Waals surface area contributed by atoms with Crippen molar-refractivity contribution in [3.8, 4) is 0 Å². The molecule has 0 N–H and O–H groups in total. The minimum Gasteiger partial charge on any atom is -0.337 e. The molecule has 3 aromatic rings. The van der Waals surface area contributed by atoms with Gasteiger partial charge in [-0.1, -0.05) is 6.07 Å². The summed E-state index contributed by atoms with van der Waals surface area (Å²) >= 11 is 3.47. The van der Waals surface area contributed by atoms with E-state index < -0.39 is 0 Å². The molecule has 3 heterocycles. The Kier molecular flexibility index (Phi) is 2.88. The zero-order chi connectivity index (χ0) is 12.5. The third kappa shape index (κ3) is 1.93. The fourth-order valence-electron chi connectivity index (χ4n) is 2.11. The van der Waals surface area contributed by atoms with Gasteiger partial charge in [0.05, 0.1) is 22.8 Å². The van der Waals surface area contributed by atoms with Gasteiger partial charge >= 0.3 is 0 Å². The molecule has 0 spiro atoms. The van der Waals surface area contributed by atoms with Crippen molar-refractivity contribution in [2.75, 3.05) is 0 Å². The first kappa shape index (κ1) is 11.4. The number of halogens is 1. The lowest BCUT2D eigenvalue weighted by Gasteiger charge is -2.14. The second-order valence-corrected chi connectivity index (χ2v) is 5.13. The van der Waals surface area contributed by atoms with Crippen LogP contribution in [0.5, 0.6) is 0 Å². The minimum atomic E-state index is 0.194. The lowest BCUT2D eigenvalue weighted by molar-refractivity contribution is 0.643. The van der Waals surface area contributed by atoms with Crippen molar-refractivity contribution >= 4 is 27.0 Å². The summed E-state index contributed by atoms with van der Waals surface area (Å²) in [5.41, 5.74) is 3.17. The Labute approximate surface area is 114 Å². The molecular formula is C14H12BrN3. The number of fused-ring (bicyclic) bond motifs is 1. The van der Waals surface area contributed by atoms with Gasteiger partial charge in [-0.25, -0.2) is 0 Å². The monoisotopic (exact) mass is 301 g/mol. The first-order valence-electron chi connectivity index (χ1n) is 5.79. The molecule has 18 heavy (non-hydrogen) atoms. The van der Waals surface area contributed by atoms with Gasteiger partial charge in [0.15, 0.2) is 0 Å². The Morgan fingerprint density at radius 3 is 2.89 bits per heavy atom. The van der Waals surface area contributed by atoms with Crippen molar-refractivity contribution < 1.29 is 0 Å². The van der Waals surface area contributed by atoms with Crippen LogP contribution in [-0.2, 0) is 0 Å². The van der Waals surface area contributed by atoms with Crippen molar-refractivity contribution in [2.24, 2.45) is 0 Å². The molecule has 0 aliphatic carbocycles. The highest BCUT2D eigenvalue weighted by atomic mass is 79.9. The van der Waals surface area contributed by atoms with E-state index in [0.29, 0.717) is 0 Å². The van der Waals surface area contributed by atoms with Gasteiger partial charge in [-0.15, -0.1) is 0 Å². The molecule has 1 atom stereocenters. The van der Waals surface area contributed by atoms with Gasteiger partial charge in [-0.3, -0.25) is 9.97 Å². The van der Waals surface area contributed by atoms with Crippen LogP contribution in [0.1, 0.15) is 18.7 Å². The fraction of sp³-hybridized carbons (Fsp3) is 0.143. The van der Waals surface area contributed by atoms with Gasteiger partial charge in [0.2, 0.25) is 0 Å². The van der Waals surface area contributed by atoms with Gasteiger partial charge in [-0.2, -0.15) is 0 Å². The molecule has 0 aromatic carbocycles. The highest BCUT2D eigenvalue weighted by molar-refractivity contribution is 9.10. The molecule has 0 saturated heterocycles. The summed E-state index contributed by atoms with van der Waals surface area (Å²) in [5, 5.41) is 0. The van der Waals surface area contributed by atoms with Crippen molar-refractivity contribution in [1.29, 1.82) is 0 Å². The summed E-state index contributed by atoms with van der Waals surface area (Å²) in [4.78, 5) is 8.80. The lowest BCUT2D eigenvalue weighted by atomic mass is 10.2. The van der Waals surface area contributed by atoms with Crippen molar-refractivity contribution in [2.45, 2.75) is 13.0 Å². The van der Waals surface area contributed by atoms with Crippen LogP contribution in [0.4, 0.5) is 0 Å². The van der Waals surface area contributed by atoms with Crippen LogP contribution in [-0.4, -0.2) is 14.5 Å². The number of rotatable bonds is 2. The van der Waals surface area contributed by atoms with E-state index in [-0.39, 0.29) is 6.04 Å². The first-order valence-corrected chi connectivity index (χ1v) is 6.58. The molecule has 0 fully saturated rings. The van der Waals surface area contributed by atoms with Crippen molar-refractivity contribution in [3.63, 3.8) is 0 Å². The first-order chi connectivity index (χ1) is 8.75. The second-order valence-electron chi connectivity index (χ2n) is 4.21. The van der Waals surface area contributed by atoms with Crippen LogP contribution in [0, 0.1) is 0 Å². The van der Waals surface area contributed by atoms with Gasteiger partial charge in [0, 0.05) is 23.1 Å². The van der Waals surface area contributed by atoms with E-state index in [1.54, 1.807) is 0 Å². The average Bonchev–Trinajstić information content (AvgIpc) is 2.82. The molecule has 0 amide bonds. The lowest BCUT2D eigenvalue weighted by Crippen LogP contribution is -2.06. The highest BCUT2D eigenvalue weighted by Gasteiger charge is 2.11. The summed E-state index contributed by atoms with van der Waals surface area (Å²) in [7, 11) is 0. The van der Waals surface area contributed by atoms with Crippen LogP contribution < -0.4 is 0 Å². The molecule has 0 aliphatic heterocycles. The maximum absolute atomic E-state index is 4.41. The molecule has 4 heteroatoms. The zero-order valence-corrected chi connectivity index (χ0v) is 11.5. The molecule has 0 aliphatic rings. The maximum Gasteiger partial charge on any atom is 0.0882 e. The summed E-state index contributed by atoms with van der Waals surface area (Å²) in [6.07, 6.45) is 5.70. The van der Waals surface area contributed by atoms with Crippen LogP contribution in [0.25, 0.3) is 11.0 Å².